The molecule has 0 bridgehead atoms. The van der Waals surface area contributed by atoms with Crippen molar-refractivity contribution in [1.29, 1.82) is 0 Å². The van der Waals surface area contributed by atoms with Crippen LogP contribution in [0.15, 0.2) is 60.7 Å². The highest BCUT2D eigenvalue weighted by Crippen LogP contribution is 2.27. The van der Waals surface area contributed by atoms with Crippen LogP contribution in [-0.2, 0) is 4.74 Å². The van der Waals surface area contributed by atoms with Crippen molar-refractivity contribution in [2.75, 3.05) is 32.8 Å². The van der Waals surface area contributed by atoms with Crippen LogP contribution in [0.1, 0.15) is 23.5 Å². The van der Waals surface area contributed by atoms with E-state index in [0.29, 0.717) is 5.92 Å². The topological polar surface area (TPSA) is 12.5 Å². The van der Waals surface area contributed by atoms with Gasteiger partial charge in [-0.15, -0.1) is 18.3 Å². The number of halogens is 1. The van der Waals surface area contributed by atoms with E-state index >= 15 is 0 Å². The molecule has 3 rings (SSSR count). The van der Waals surface area contributed by atoms with Crippen LogP contribution in [0.25, 0.3) is 0 Å². The molecule has 1 saturated heterocycles. The Hall–Kier alpha value is -1.79. The first-order valence-corrected chi connectivity index (χ1v) is 8.29. The van der Waals surface area contributed by atoms with Crippen LogP contribution >= 0.6 is 12.4 Å². The van der Waals surface area contributed by atoms with Crippen LogP contribution in [0.5, 0.6) is 0 Å². The first-order chi connectivity index (χ1) is 11.4. The average Bonchev–Trinajstić information content (AvgIpc) is 2.64. The molecule has 0 amide bonds. The SMILES string of the molecule is C(#CCN1CCOCC1)CC(c1ccccc1)c1ccccc1.Cl. The second kappa shape index (κ2) is 10.2. The van der Waals surface area contributed by atoms with Gasteiger partial charge in [-0.25, -0.2) is 0 Å². The predicted octanol–water partition coefficient (Wildman–Crippen LogP) is 3.97. The van der Waals surface area contributed by atoms with E-state index in [4.69, 9.17) is 4.74 Å². The van der Waals surface area contributed by atoms with Gasteiger partial charge in [-0.3, -0.25) is 4.90 Å². The fourth-order valence-electron chi connectivity index (χ4n) is 2.90. The fraction of sp³-hybridized carbons (Fsp3) is 0.333. The summed E-state index contributed by atoms with van der Waals surface area (Å²) in [6.07, 6.45) is 0.859. The molecule has 0 radical (unpaired) electrons. The number of nitrogens with zero attached hydrogens (tertiary/aromatic N) is 1. The van der Waals surface area contributed by atoms with Gasteiger partial charge in [-0.1, -0.05) is 66.6 Å². The first-order valence-electron chi connectivity index (χ1n) is 8.29. The molecule has 1 aliphatic heterocycles. The van der Waals surface area contributed by atoms with E-state index in [9.17, 15) is 0 Å². The maximum absolute atomic E-state index is 5.37. The number of morpholine rings is 1. The quantitative estimate of drug-likeness (QED) is 0.780. The fourth-order valence-corrected chi connectivity index (χ4v) is 2.90. The maximum Gasteiger partial charge on any atom is 0.0603 e. The summed E-state index contributed by atoms with van der Waals surface area (Å²) >= 11 is 0. The Morgan fingerprint density at radius 2 is 1.38 bits per heavy atom. The maximum atomic E-state index is 5.37. The number of ether oxygens (including phenoxy) is 1. The molecule has 2 aromatic carbocycles. The molecule has 1 aliphatic rings. The third kappa shape index (κ3) is 5.39. The molecule has 126 valence electrons. The van der Waals surface area contributed by atoms with E-state index in [1.54, 1.807) is 0 Å². The molecular weight excluding hydrogens is 318 g/mol. The zero-order valence-electron chi connectivity index (χ0n) is 13.9. The molecule has 0 N–H and O–H groups in total. The highest BCUT2D eigenvalue weighted by Gasteiger charge is 2.12. The first kappa shape index (κ1) is 18.5. The van der Waals surface area contributed by atoms with Crippen molar-refractivity contribution in [3.05, 3.63) is 71.8 Å². The van der Waals surface area contributed by atoms with E-state index in [0.717, 1.165) is 39.3 Å². The van der Waals surface area contributed by atoms with Crippen molar-refractivity contribution < 1.29 is 4.74 Å². The Kier molecular flexibility index (Phi) is 7.85. The highest BCUT2D eigenvalue weighted by atomic mass is 35.5. The lowest BCUT2D eigenvalue weighted by Crippen LogP contribution is -2.36. The zero-order valence-corrected chi connectivity index (χ0v) is 14.7. The van der Waals surface area contributed by atoms with E-state index in [1.165, 1.54) is 11.1 Å². The molecule has 0 spiro atoms. The van der Waals surface area contributed by atoms with Gasteiger partial charge in [-0.05, 0) is 11.1 Å². The molecule has 0 aromatic heterocycles. The zero-order chi connectivity index (χ0) is 15.7. The summed E-state index contributed by atoms with van der Waals surface area (Å²) in [5, 5.41) is 0. The van der Waals surface area contributed by atoms with Gasteiger partial charge in [0.05, 0.1) is 19.8 Å². The Morgan fingerprint density at radius 3 is 1.92 bits per heavy atom. The molecule has 0 atom stereocenters. The third-order valence-corrected chi connectivity index (χ3v) is 4.24. The minimum atomic E-state index is 0. The minimum Gasteiger partial charge on any atom is -0.379 e. The van der Waals surface area contributed by atoms with Crippen molar-refractivity contribution in [3.63, 3.8) is 0 Å². The lowest BCUT2D eigenvalue weighted by atomic mass is 9.89. The summed E-state index contributed by atoms with van der Waals surface area (Å²) in [5.74, 6) is 7.08. The normalized spacial score (nSPS) is 14.5. The molecule has 0 unspecified atom stereocenters. The van der Waals surface area contributed by atoms with Crippen LogP contribution in [-0.4, -0.2) is 37.7 Å². The molecule has 2 nitrogen and oxygen atoms in total. The van der Waals surface area contributed by atoms with Gasteiger partial charge in [0, 0.05) is 25.4 Å². The van der Waals surface area contributed by atoms with Crippen molar-refractivity contribution in [1.82, 2.24) is 4.90 Å². The Bertz CT molecular complexity index is 602. The largest absolute Gasteiger partial charge is 0.379 e. The number of hydrogen-bond donors (Lipinski definition) is 0. The smallest absolute Gasteiger partial charge is 0.0603 e. The summed E-state index contributed by atoms with van der Waals surface area (Å²) in [4.78, 5) is 2.36. The minimum absolute atomic E-state index is 0. The average molecular weight is 342 g/mol. The van der Waals surface area contributed by atoms with Crippen LogP contribution in [0.4, 0.5) is 0 Å². The van der Waals surface area contributed by atoms with Gasteiger partial charge in [0.2, 0.25) is 0 Å². The van der Waals surface area contributed by atoms with Crippen LogP contribution in [0.2, 0.25) is 0 Å². The van der Waals surface area contributed by atoms with Crippen molar-refractivity contribution >= 4 is 12.4 Å². The lowest BCUT2D eigenvalue weighted by molar-refractivity contribution is 0.0443. The Morgan fingerprint density at radius 1 is 0.833 bits per heavy atom. The van der Waals surface area contributed by atoms with E-state index < -0.39 is 0 Å². The van der Waals surface area contributed by atoms with Crippen LogP contribution < -0.4 is 0 Å². The molecule has 1 fully saturated rings. The van der Waals surface area contributed by atoms with E-state index in [1.807, 2.05) is 0 Å². The highest BCUT2D eigenvalue weighted by molar-refractivity contribution is 5.85. The van der Waals surface area contributed by atoms with E-state index in [-0.39, 0.29) is 12.4 Å². The van der Waals surface area contributed by atoms with Crippen molar-refractivity contribution in [2.45, 2.75) is 12.3 Å². The van der Waals surface area contributed by atoms with Crippen LogP contribution in [0, 0.1) is 11.8 Å². The monoisotopic (exact) mass is 341 g/mol. The van der Waals surface area contributed by atoms with Crippen molar-refractivity contribution in [2.24, 2.45) is 0 Å². The Labute approximate surface area is 151 Å². The second-order valence-corrected chi connectivity index (χ2v) is 5.82. The standard InChI is InChI=1S/C21H23NO.ClH/c1-3-9-19(10-4-1)21(20-11-5-2-6-12-20)13-7-8-14-22-15-17-23-18-16-22;/h1-6,9-12,21H,13-18H2;1H. The molecular formula is C21H24ClNO. The van der Waals surface area contributed by atoms with Gasteiger partial charge in [0.1, 0.15) is 0 Å². The third-order valence-electron chi connectivity index (χ3n) is 4.24. The summed E-state index contributed by atoms with van der Waals surface area (Å²) in [5.41, 5.74) is 2.67. The molecule has 0 aliphatic carbocycles. The van der Waals surface area contributed by atoms with Gasteiger partial charge < -0.3 is 4.74 Å². The Balaban J connectivity index is 0.00000208. The number of rotatable bonds is 4. The van der Waals surface area contributed by atoms with Gasteiger partial charge in [0.15, 0.2) is 0 Å². The predicted molar refractivity (Wildman–Crippen MR) is 102 cm³/mol. The molecule has 1 heterocycles. The summed E-state index contributed by atoms with van der Waals surface area (Å²) in [7, 11) is 0. The molecule has 24 heavy (non-hydrogen) atoms. The van der Waals surface area contributed by atoms with Crippen molar-refractivity contribution in [3.8, 4) is 11.8 Å². The van der Waals surface area contributed by atoms with E-state index in [2.05, 4.69) is 77.4 Å². The number of hydrogen-bond acceptors (Lipinski definition) is 2. The molecule has 0 saturated carbocycles. The molecule has 2 aromatic rings. The van der Waals surface area contributed by atoms with Crippen LogP contribution in [0.3, 0.4) is 0 Å². The second-order valence-electron chi connectivity index (χ2n) is 5.82. The number of benzene rings is 2. The summed E-state index contributed by atoms with van der Waals surface area (Å²) in [6.45, 7) is 4.50. The van der Waals surface area contributed by atoms with Gasteiger partial charge >= 0.3 is 0 Å². The lowest BCUT2D eigenvalue weighted by Gasteiger charge is -2.24. The summed E-state index contributed by atoms with van der Waals surface area (Å²) in [6, 6.07) is 21.3. The van der Waals surface area contributed by atoms with Gasteiger partial charge in [-0.2, -0.15) is 0 Å². The molecule has 3 heteroatoms. The van der Waals surface area contributed by atoms with Gasteiger partial charge in [0.25, 0.3) is 0 Å². The summed E-state index contributed by atoms with van der Waals surface area (Å²) < 4.78 is 5.37.